The Morgan fingerprint density at radius 3 is 3.00 bits per heavy atom. The molecule has 0 aromatic carbocycles. The molecule has 0 fully saturated rings. The molecule has 2 heterocycles. The van der Waals surface area contributed by atoms with Crippen LogP contribution in [0.5, 0.6) is 0 Å². The zero-order valence-corrected chi connectivity index (χ0v) is 10.9. The van der Waals surface area contributed by atoms with Gasteiger partial charge in [0.1, 0.15) is 0 Å². The van der Waals surface area contributed by atoms with Gasteiger partial charge in [0.2, 0.25) is 0 Å². The highest BCUT2D eigenvalue weighted by Gasteiger charge is 2.08. The Kier molecular flexibility index (Phi) is 4.29. The smallest absolute Gasteiger partial charge is 0.0318 e. The largest absolute Gasteiger partial charge is 0.324 e. The quantitative estimate of drug-likeness (QED) is 0.877. The van der Waals surface area contributed by atoms with Gasteiger partial charge in [-0.2, -0.15) is 0 Å². The van der Waals surface area contributed by atoms with Gasteiger partial charge in [-0.05, 0) is 54.8 Å². The highest BCUT2D eigenvalue weighted by Crippen LogP contribution is 2.20. The third-order valence-electron chi connectivity index (χ3n) is 3.00. The number of nitrogens with two attached hydrogens (primary N) is 1. The summed E-state index contributed by atoms with van der Waals surface area (Å²) < 4.78 is 0. The highest BCUT2D eigenvalue weighted by molar-refractivity contribution is 7.09. The molecule has 2 rings (SSSR count). The molecule has 0 saturated heterocycles. The van der Waals surface area contributed by atoms with E-state index in [0.717, 1.165) is 19.3 Å². The molecule has 2 nitrogen and oxygen atoms in total. The Balaban J connectivity index is 1.85. The fourth-order valence-corrected chi connectivity index (χ4v) is 2.72. The van der Waals surface area contributed by atoms with Crippen LogP contribution in [0.3, 0.4) is 0 Å². The van der Waals surface area contributed by atoms with Crippen molar-refractivity contribution >= 4 is 11.3 Å². The Labute approximate surface area is 107 Å². The molecule has 0 aliphatic heterocycles. The van der Waals surface area contributed by atoms with Gasteiger partial charge in [0.25, 0.3) is 0 Å². The van der Waals surface area contributed by atoms with E-state index in [-0.39, 0.29) is 6.04 Å². The number of pyridine rings is 1. The molecule has 1 unspecified atom stereocenters. The fraction of sp³-hybridized carbons (Fsp3) is 0.357. The van der Waals surface area contributed by atoms with Crippen LogP contribution < -0.4 is 5.73 Å². The van der Waals surface area contributed by atoms with E-state index >= 15 is 0 Å². The SMILES string of the molecule is Cc1ccncc1C(N)CCCc1cccs1. The third kappa shape index (κ3) is 3.38. The number of nitrogens with zero attached hydrogens (tertiary/aromatic N) is 1. The first-order valence-corrected chi connectivity index (χ1v) is 6.84. The minimum absolute atomic E-state index is 0.115. The summed E-state index contributed by atoms with van der Waals surface area (Å²) in [4.78, 5) is 5.59. The molecule has 0 amide bonds. The average Bonchev–Trinajstić information content (AvgIpc) is 2.82. The first kappa shape index (κ1) is 12.3. The topological polar surface area (TPSA) is 38.9 Å². The predicted octanol–water partition coefficient (Wildman–Crippen LogP) is 3.47. The number of hydrogen-bond acceptors (Lipinski definition) is 3. The zero-order valence-electron chi connectivity index (χ0n) is 10.1. The van der Waals surface area contributed by atoms with Crippen molar-refractivity contribution in [3.8, 4) is 0 Å². The van der Waals surface area contributed by atoms with Crippen LogP contribution in [0.25, 0.3) is 0 Å². The molecule has 0 saturated carbocycles. The summed E-state index contributed by atoms with van der Waals surface area (Å²) in [7, 11) is 0. The van der Waals surface area contributed by atoms with E-state index in [1.165, 1.54) is 16.0 Å². The first-order valence-electron chi connectivity index (χ1n) is 5.96. The second-order valence-corrected chi connectivity index (χ2v) is 5.34. The van der Waals surface area contributed by atoms with Crippen molar-refractivity contribution in [2.45, 2.75) is 32.2 Å². The van der Waals surface area contributed by atoms with Crippen LogP contribution in [0.1, 0.15) is 34.9 Å². The highest BCUT2D eigenvalue weighted by atomic mass is 32.1. The van der Waals surface area contributed by atoms with Crippen molar-refractivity contribution in [3.63, 3.8) is 0 Å². The van der Waals surface area contributed by atoms with Gasteiger partial charge < -0.3 is 5.73 Å². The van der Waals surface area contributed by atoms with E-state index in [4.69, 9.17) is 5.73 Å². The van der Waals surface area contributed by atoms with E-state index in [1.807, 2.05) is 29.8 Å². The maximum Gasteiger partial charge on any atom is 0.0318 e. The van der Waals surface area contributed by atoms with Gasteiger partial charge in [-0.15, -0.1) is 11.3 Å². The maximum absolute atomic E-state index is 6.20. The van der Waals surface area contributed by atoms with E-state index in [1.54, 1.807) is 0 Å². The van der Waals surface area contributed by atoms with Gasteiger partial charge in [-0.3, -0.25) is 4.98 Å². The fourth-order valence-electron chi connectivity index (χ4n) is 1.97. The molecule has 17 heavy (non-hydrogen) atoms. The van der Waals surface area contributed by atoms with Crippen LogP contribution in [0.2, 0.25) is 0 Å². The number of aryl methyl sites for hydroxylation is 2. The van der Waals surface area contributed by atoms with Crippen molar-refractivity contribution < 1.29 is 0 Å². The Hall–Kier alpha value is -1.19. The predicted molar refractivity (Wildman–Crippen MR) is 73.2 cm³/mol. The standard InChI is InChI=1S/C14H18N2S/c1-11-7-8-16-10-13(11)14(15)6-2-4-12-5-3-9-17-12/h3,5,7-10,14H,2,4,6,15H2,1H3. The van der Waals surface area contributed by atoms with Gasteiger partial charge in [0, 0.05) is 23.3 Å². The molecule has 0 aliphatic rings. The molecular formula is C14H18N2S. The number of hydrogen-bond donors (Lipinski definition) is 1. The Morgan fingerprint density at radius 2 is 2.29 bits per heavy atom. The molecule has 2 aromatic rings. The summed E-state index contributed by atoms with van der Waals surface area (Å²) in [6.45, 7) is 2.09. The van der Waals surface area contributed by atoms with E-state index < -0.39 is 0 Å². The van der Waals surface area contributed by atoms with Gasteiger partial charge in [0.05, 0.1) is 0 Å². The second-order valence-electron chi connectivity index (χ2n) is 4.31. The molecule has 0 aliphatic carbocycles. The van der Waals surface area contributed by atoms with Gasteiger partial charge in [0.15, 0.2) is 0 Å². The van der Waals surface area contributed by atoms with Crippen molar-refractivity contribution in [2.75, 3.05) is 0 Å². The summed E-state index contributed by atoms with van der Waals surface area (Å²) in [5.74, 6) is 0. The van der Waals surface area contributed by atoms with Crippen LogP contribution >= 0.6 is 11.3 Å². The lowest BCUT2D eigenvalue weighted by atomic mass is 9.99. The van der Waals surface area contributed by atoms with E-state index in [0.29, 0.717) is 0 Å². The Bertz CT molecular complexity index is 451. The minimum atomic E-state index is 0.115. The summed E-state index contributed by atoms with van der Waals surface area (Å²) in [6, 6.07) is 6.43. The van der Waals surface area contributed by atoms with E-state index in [9.17, 15) is 0 Å². The van der Waals surface area contributed by atoms with Crippen molar-refractivity contribution in [1.82, 2.24) is 4.98 Å². The average molecular weight is 246 g/mol. The van der Waals surface area contributed by atoms with Crippen LogP contribution in [-0.4, -0.2) is 4.98 Å². The lowest BCUT2D eigenvalue weighted by Crippen LogP contribution is -2.12. The lowest BCUT2D eigenvalue weighted by molar-refractivity contribution is 0.609. The number of rotatable bonds is 5. The molecular weight excluding hydrogens is 228 g/mol. The van der Waals surface area contributed by atoms with Crippen LogP contribution in [0.15, 0.2) is 36.0 Å². The monoisotopic (exact) mass is 246 g/mol. The van der Waals surface area contributed by atoms with Crippen LogP contribution in [0.4, 0.5) is 0 Å². The molecule has 90 valence electrons. The van der Waals surface area contributed by atoms with Gasteiger partial charge in [-0.1, -0.05) is 6.07 Å². The minimum Gasteiger partial charge on any atom is -0.324 e. The maximum atomic E-state index is 6.20. The number of aromatic nitrogens is 1. The number of thiophene rings is 1. The summed E-state index contributed by atoms with van der Waals surface area (Å²) in [5, 5.41) is 2.13. The first-order chi connectivity index (χ1) is 8.27. The molecule has 0 radical (unpaired) electrons. The summed E-state index contributed by atoms with van der Waals surface area (Å²) in [6.07, 6.45) is 6.99. The third-order valence-corrected chi connectivity index (χ3v) is 3.93. The van der Waals surface area contributed by atoms with Crippen molar-refractivity contribution in [3.05, 3.63) is 52.0 Å². The Morgan fingerprint density at radius 1 is 1.41 bits per heavy atom. The van der Waals surface area contributed by atoms with E-state index in [2.05, 4.69) is 29.4 Å². The molecule has 2 aromatic heterocycles. The van der Waals surface area contributed by atoms with Gasteiger partial charge >= 0.3 is 0 Å². The lowest BCUT2D eigenvalue weighted by Gasteiger charge is -2.13. The van der Waals surface area contributed by atoms with Crippen molar-refractivity contribution in [2.24, 2.45) is 5.73 Å². The molecule has 1 atom stereocenters. The van der Waals surface area contributed by atoms with Crippen LogP contribution in [-0.2, 0) is 6.42 Å². The second kappa shape index (κ2) is 5.94. The normalized spacial score (nSPS) is 12.6. The molecule has 3 heteroatoms. The molecule has 2 N–H and O–H groups in total. The van der Waals surface area contributed by atoms with Gasteiger partial charge in [-0.25, -0.2) is 0 Å². The summed E-state index contributed by atoms with van der Waals surface area (Å²) >= 11 is 1.82. The zero-order chi connectivity index (χ0) is 12.1. The van der Waals surface area contributed by atoms with Crippen molar-refractivity contribution in [1.29, 1.82) is 0 Å². The molecule has 0 bridgehead atoms. The molecule has 0 spiro atoms. The summed E-state index contributed by atoms with van der Waals surface area (Å²) in [5.41, 5.74) is 8.62. The van der Waals surface area contributed by atoms with Crippen LogP contribution in [0, 0.1) is 6.92 Å².